The average molecular weight is 407 g/mol. The summed E-state index contributed by atoms with van der Waals surface area (Å²) in [7, 11) is -3.84. The van der Waals surface area contributed by atoms with Crippen LogP contribution < -0.4 is 10.6 Å². The third kappa shape index (κ3) is 3.41. The zero-order chi connectivity index (χ0) is 20.8. The Kier molecular flexibility index (Phi) is 4.49. The molecule has 0 amide bonds. The Balaban J connectivity index is 2.04. The third-order valence-corrected chi connectivity index (χ3v) is 5.67. The van der Waals surface area contributed by atoms with E-state index >= 15 is 0 Å². The normalized spacial score (nSPS) is 11.7. The van der Waals surface area contributed by atoms with Crippen LogP contribution in [0.15, 0.2) is 80.8 Å². The maximum absolute atomic E-state index is 13.3. The van der Waals surface area contributed by atoms with Crippen LogP contribution in [0.3, 0.4) is 0 Å². The van der Waals surface area contributed by atoms with Gasteiger partial charge in [-0.3, -0.25) is 4.79 Å². The van der Waals surface area contributed by atoms with Gasteiger partial charge in [-0.2, -0.15) is 0 Å². The monoisotopic (exact) mass is 407 g/mol. The molecule has 0 saturated heterocycles. The van der Waals surface area contributed by atoms with Gasteiger partial charge in [0.2, 0.25) is 15.5 Å². The van der Waals surface area contributed by atoms with E-state index < -0.39 is 10.0 Å². The number of primary sulfonamides is 1. The largest absolute Gasteiger partial charge is 0.508 e. The van der Waals surface area contributed by atoms with E-state index in [1.54, 1.807) is 43.3 Å². The zero-order valence-electron chi connectivity index (χ0n) is 15.4. The van der Waals surface area contributed by atoms with Gasteiger partial charge < -0.3 is 9.52 Å². The second-order valence-corrected chi connectivity index (χ2v) is 8.26. The number of benzene rings is 3. The molecule has 3 aromatic carbocycles. The second kappa shape index (κ2) is 6.88. The van der Waals surface area contributed by atoms with Gasteiger partial charge in [-0.1, -0.05) is 24.3 Å². The minimum absolute atomic E-state index is 0.0427. The number of aromatic hydroxyl groups is 1. The van der Waals surface area contributed by atoms with Gasteiger partial charge in [-0.05, 0) is 60.5 Å². The molecule has 0 radical (unpaired) electrons. The summed E-state index contributed by atoms with van der Waals surface area (Å²) in [6.45, 7) is 1.76. The number of fused-ring (bicyclic) bond motifs is 1. The van der Waals surface area contributed by atoms with E-state index in [2.05, 4.69) is 0 Å². The molecule has 29 heavy (non-hydrogen) atoms. The number of phenols is 1. The number of hydrogen-bond donors (Lipinski definition) is 2. The fraction of sp³-hybridized carbons (Fsp3) is 0.0455. The second-order valence-electron chi connectivity index (χ2n) is 6.70. The predicted octanol–water partition coefficient (Wildman–Crippen LogP) is 3.79. The first kappa shape index (κ1) is 18.9. The maximum Gasteiger partial charge on any atom is 0.238 e. The molecule has 4 rings (SSSR count). The molecule has 0 aliphatic rings. The van der Waals surface area contributed by atoms with Crippen LogP contribution in [0.4, 0.5) is 0 Å². The van der Waals surface area contributed by atoms with Gasteiger partial charge in [0.15, 0.2) is 0 Å². The van der Waals surface area contributed by atoms with Crippen molar-refractivity contribution in [3.63, 3.8) is 0 Å². The Morgan fingerprint density at radius 2 is 1.59 bits per heavy atom. The first-order valence-electron chi connectivity index (χ1n) is 8.75. The van der Waals surface area contributed by atoms with Crippen molar-refractivity contribution in [1.82, 2.24) is 0 Å². The molecule has 0 aliphatic carbocycles. The van der Waals surface area contributed by atoms with Gasteiger partial charge in [-0.15, -0.1) is 0 Å². The molecule has 0 atom stereocenters. The summed E-state index contributed by atoms with van der Waals surface area (Å²) < 4.78 is 29.1. The zero-order valence-corrected chi connectivity index (χ0v) is 16.2. The summed E-state index contributed by atoms with van der Waals surface area (Å²) in [6.07, 6.45) is 0. The van der Waals surface area contributed by atoms with E-state index in [0.717, 1.165) is 0 Å². The smallest absolute Gasteiger partial charge is 0.238 e. The summed E-state index contributed by atoms with van der Waals surface area (Å²) in [5.74, 6) is 0.337. The number of para-hydroxylation sites is 1. The van der Waals surface area contributed by atoms with Gasteiger partial charge in [0.1, 0.15) is 17.1 Å². The average Bonchev–Trinajstić information content (AvgIpc) is 2.70. The number of phenolic OH excluding ortho intramolecular Hbond substituents is 1. The standard InChI is InChI=1S/C22H17NO5S/c1-13-6-7-15(12-18(13)24)20-21(25)17-4-2-3-5-19(17)28-22(20)14-8-10-16(11-9-14)29(23,26)27/h2-12,24H,1H3,(H2,23,26,27). The van der Waals surface area contributed by atoms with Crippen molar-refractivity contribution in [3.8, 4) is 28.2 Å². The van der Waals surface area contributed by atoms with Gasteiger partial charge in [-0.25, -0.2) is 13.6 Å². The lowest BCUT2D eigenvalue weighted by atomic mass is 9.97. The van der Waals surface area contributed by atoms with Crippen molar-refractivity contribution in [2.45, 2.75) is 11.8 Å². The van der Waals surface area contributed by atoms with E-state index in [9.17, 15) is 18.3 Å². The van der Waals surface area contributed by atoms with Gasteiger partial charge in [0, 0.05) is 5.56 Å². The molecular weight excluding hydrogens is 390 g/mol. The highest BCUT2D eigenvalue weighted by atomic mass is 32.2. The van der Waals surface area contributed by atoms with Gasteiger partial charge in [0.25, 0.3) is 0 Å². The van der Waals surface area contributed by atoms with Crippen LogP contribution in [0.1, 0.15) is 5.56 Å². The molecule has 3 N–H and O–H groups in total. The molecule has 7 heteroatoms. The first-order valence-corrected chi connectivity index (χ1v) is 10.3. The van der Waals surface area contributed by atoms with Crippen LogP contribution in [0, 0.1) is 6.92 Å². The Morgan fingerprint density at radius 1 is 0.931 bits per heavy atom. The van der Waals surface area contributed by atoms with Crippen LogP contribution in [0.25, 0.3) is 33.4 Å². The van der Waals surface area contributed by atoms with Crippen molar-refractivity contribution in [1.29, 1.82) is 0 Å². The SMILES string of the molecule is Cc1ccc(-c2c(-c3ccc(S(N)(=O)=O)cc3)oc3ccccc3c2=O)cc1O. The van der Waals surface area contributed by atoms with Crippen molar-refractivity contribution in [2.24, 2.45) is 5.14 Å². The Labute approximate surface area is 166 Å². The number of sulfonamides is 1. The van der Waals surface area contributed by atoms with E-state index in [4.69, 9.17) is 9.56 Å². The summed E-state index contributed by atoms with van der Waals surface area (Å²) in [6, 6.07) is 17.6. The van der Waals surface area contributed by atoms with Crippen LogP contribution in [-0.4, -0.2) is 13.5 Å². The highest BCUT2D eigenvalue weighted by Crippen LogP contribution is 2.34. The molecule has 0 fully saturated rings. The fourth-order valence-corrected chi connectivity index (χ4v) is 3.68. The molecule has 6 nitrogen and oxygen atoms in total. The topological polar surface area (TPSA) is 111 Å². The van der Waals surface area contributed by atoms with Crippen LogP contribution in [-0.2, 0) is 10.0 Å². The van der Waals surface area contributed by atoms with Crippen molar-refractivity contribution >= 4 is 21.0 Å². The fourth-order valence-electron chi connectivity index (χ4n) is 3.17. The van der Waals surface area contributed by atoms with Crippen molar-refractivity contribution < 1.29 is 17.9 Å². The molecule has 0 bridgehead atoms. The van der Waals surface area contributed by atoms with Gasteiger partial charge in [0.05, 0.1) is 15.8 Å². The Bertz CT molecular complexity index is 1400. The molecule has 1 aromatic heterocycles. The molecule has 1 heterocycles. The number of hydrogen-bond acceptors (Lipinski definition) is 5. The molecule has 0 saturated carbocycles. The lowest BCUT2D eigenvalue weighted by Gasteiger charge is -2.12. The van der Waals surface area contributed by atoms with E-state index in [0.29, 0.717) is 27.7 Å². The Hall–Kier alpha value is -3.42. The third-order valence-electron chi connectivity index (χ3n) is 4.74. The molecule has 0 spiro atoms. The summed E-state index contributed by atoms with van der Waals surface area (Å²) in [5, 5.41) is 15.7. The quantitative estimate of drug-likeness (QED) is 0.537. The maximum atomic E-state index is 13.3. The molecule has 0 aliphatic heterocycles. The minimum atomic E-state index is -3.84. The van der Waals surface area contributed by atoms with Crippen LogP contribution >= 0.6 is 0 Å². The predicted molar refractivity (Wildman–Crippen MR) is 111 cm³/mol. The first-order chi connectivity index (χ1) is 13.8. The van der Waals surface area contributed by atoms with Crippen molar-refractivity contribution in [2.75, 3.05) is 0 Å². The Morgan fingerprint density at radius 3 is 2.24 bits per heavy atom. The molecular formula is C22H17NO5S. The highest BCUT2D eigenvalue weighted by molar-refractivity contribution is 7.89. The molecule has 0 unspecified atom stereocenters. The van der Waals surface area contributed by atoms with Crippen LogP contribution in [0.2, 0.25) is 0 Å². The number of rotatable bonds is 3. The molecule has 146 valence electrons. The minimum Gasteiger partial charge on any atom is -0.508 e. The molecule has 4 aromatic rings. The summed E-state index contributed by atoms with van der Waals surface area (Å²) in [5.41, 5.74) is 2.12. The van der Waals surface area contributed by atoms with Crippen molar-refractivity contribution in [3.05, 3.63) is 82.5 Å². The lowest BCUT2D eigenvalue weighted by Crippen LogP contribution is -2.12. The van der Waals surface area contributed by atoms with E-state index in [1.807, 2.05) is 0 Å². The number of aryl methyl sites for hydroxylation is 1. The lowest BCUT2D eigenvalue weighted by molar-refractivity contribution is 0.471. The van der Waals surface area contributed by atoms with Gasteiger partial charge >= 0.3 is 0 Å². The van der Waals surface area contributed by atoms with E-state index in [-0.39, 0.29) is 27.4 Å². The highest BCUT2D eigenvalue weighted by Gasteiger charge is 2.19. The number of nitrogens with two attached hydrogens (primary N) is 1. The van der Waals surface area contributed by atoms with Crippen LogP contribution in [0.5, 0.6) is 5.75 Å². The summed E-state index contributed by atoms with van der Waals surface area (Å²) in [4.78, 5) is 13.2. The summed E-state index contributed by atoms with van der Waals surface area (Å²) >= 11 is 0. The van der Waals surface area contributed by atoms with E-state index in [1.165, 1.54) is 30.3 Å².